The number of urea groups is 10. The minimum Gasteiger partial charge on any atom is -0.369 e. The van der Waals surface area contributed by atoms with Crippen molar-refractivity contribution >= 4 is 84.4 Å². The summed E-state index contributed by atoms with van der Waals surface area (Å²) in [6.45, 7) is 5.38. The fraction of sp³-hybridized carbons (Fsp3) is 0.588. The molecule has 0 aliphatic carbocycles. The van der Waals surface area contributed by atoms with Gasteiger partial charge in [0.05, 0.1) is 0 Å². The number of aliphatic hydroxyl groups is 8. The van der Waals surface area contributed by atoms with Crippen molar-refractivity contribution in [1.82, 2.24) is 94.9 Å². The van der Waals surface area contributed by atoms with Gasteiger partial charge >= 0.3 is 60.3 Å². The van der Waals surface area contributed by atoms with E-state index in [9.17, 15) is 67.1 Å². The minimum absolute atomic E-state index is 0.157. The van der Waals surface area contributed by atoms with Crippen LogP contribution in [0.1, 0.15) is 27.7 Å². The molecule has 20 amide bonds. The molecule has 6 saturated heterocycles. The van der Waals surface area contributed by atoms with Crippen molar-refractivity contribution in [2.45, 2.75) is 101 Å². The standard InChI is InChI=1S/C6H12N2O3.C5H8N4O2.C5H10N2O3.C4H6N4O2.2C4H8N2O3.2C3H6N2O3/c1-4(9)5(10)8(3)6(11)7-2;1-5-2(6-3(10)8-5)7-4(11)9-5;1-6-5(10)7(2)4(9)3-8;9-3-5-1-2(7-3)8-4(10)6-1;1-4(9)2(7)5-3(8)6-4;1-2(7)3(8)6-4(5)9;6-1-2(7)5-3(8)4-1;4-3(8)5-2(7)1-6/h5,10H,1-3H3,(H,7,11);2H,1H3,(H2,6,8,10)(H2,7,9,11);3-4,9H,1-2H3,(H,6,10);1-2H,(H2,5,7,9)(H2,6,8,10);2,7,9H,1H3,(H2,5,6,8);3,8H,1H3,(H3,5,6,9);1-2,6-7H,(H2,4,5,8);1-2,7H,(H3,4,5,8). The summed E-state index contributed by atoms with van der Waals surface area (Å²) in [5, 5.41) is 106. The first kappa shape index (κ1) is 69.1. The fourth-order valence-corrected chi connectivity index (χ4v) is 4.79. The molecular formula is C34H64N20O22. The summed E-state index contributed by atoms with van der Waals surface area (Å²) >= 11 is 0. The number of likely N-dealkylation sites (N-methyl/N-ethyl adjacent to an activating group) is 2. The SMILES string of the molecule is CC(=O)C(O)NC(N)=O.CC1(O)NC(=O)NC1O.CC12NC(=O)NC1NC(=O)N2.CNC(=O)N(C)C(O)C(C)=O.CNC(=O)N(C)C(O)C=O.NC(=O)NC(O)C=O.O=C1NC(O)C(O)N1.O=C1NC2NC(=O)NC2N1. The first-order valence-electron chi connectivity index (χ1n) is 20.8. The Morgan fingerprint density at radius 3 is 1.18 bits per heavy atom. The van der Waals surface area contributed by atoms with Crippen LogP contribution in [0.3, 0.4) is 0 Å². The Morgan fingerprint density at radius 1 is 0.579 bits per heavy atom. The monoisotopic (exact) mass is 1100 g/mol. The molecule has 6 aliphatic heterocycles. The molecule has 6 heterocycles. The largest absolute Gasteiger partial charge is 0.369 e. The van der Waals surface area contributed by atoms with Crippen molar-refractivity contribution in [1.29, 1.82) is 0 Å². The highest BCUT2D eigenvalue weighted by Gasteiger charge is 2.49. The smallest absolute Gasteiger partial charge is 0.319 e. The number of nitrogens with one attached hydrogen (secondary N) is 16. The van der Waals surface area contributed by atoms with Gasteiger partial charge in [-0.25, -0.2) is 47.9 Å². The summed E-state index contributed by atoms with van der Waals surface area (Å²) in [6.07, 6.45) is -9.71. The van der Waals surface area contributed by atoms with Crippen LogP contribution in [0.15, 0.2) is 0 Å². The molecule has 0 radical (unpaired) electrons. The molecule has 28 N–H and O–H groups in total. The molecule has 0 bridgehead atoms. The van der Waals surface area contributed by atoms with Gasteiger partial charge < -0.3 is 137 Å². The Morgan fingerprint density at radius 2 is 0.961 bits per heavy atom. The van der Waals surface area contributed by atoms with Crippen LogP contribution in [0, 0.1) is 0 Å². The molecule has 8 atom stereocenters. The number of hydrogen-bond donors (Lipinski definition) is 26. The van der Waals surface area contributed by atoms with Gasteiger partial charge in [0.2, 0.25) is 0 Å². The average molecular weight is 1110 g/mol. The van der Waals surface area contributed by atoms with Crippen molar-refractivity contribution in [3.63, 3.8) is 0 Å². The van der Waals surface area contributed by atoms with Gasteiger partial charge in [-0.3, -0.25) is 29.0 Å². The third-order valence-electron chi connectivity index (χ3n) is 8.78. The summed E-state index contributed by atoms with van der Waals surface area (Å²) in [7, 11) is 5.49. The number of nitrogens with zero attached hydrogens (tertiary/aromatic N) is 2. The second kappa shape index (κ2) is 32.3. The molecule has 0 aromatic heterocycles. The molecule has 6 fully saturated rings. The van der Waals surface area contributed by atoms with E-state index in [4.69, 9.17) is 40.9 Å². The first-order valence-corrected chi connectivity index (χ1v) is 20.8. The van der Waals surface area contributed by atoms with Gasteiger partial charge in [0.15, 0.2) is 79.1 Å². The third-order valence-corrected chi connectivity index (χ3v) is 8.78. The lowest BCUT2D eigenvalue weighted by molar-refractivity contribution is -0.131. The summed E-state index contributed by atoms with van der Waals surface area (Å²) < 4.78 is 0. The first-order chi connectivity index (χ1) is 34.9. The number of ketones is 2. The molecule has 0 saturated carbocycles. The molecule has 6 aliphatic rings. The van der Waals surface area contributed by atoms with Crippen LogP contribution in [0.2, 0.25) is 0 Å². The van der Waals surface area contributed by atoms with Crippen LogP contribution in [-0.2, 0) is 19.2 Å². The Hall–Kier alpha value is -8.94. The number of Topliss-reactive ketones (excluding diaryl/α,β-unsaturated/α-hetero) is 2. The zero-order chi connectivity index (χ0) is 59.6. The molecule has 42 heteroatoms. The molecule has 0 aromatic carbocycles. The molecule has 0 aromatic rings. The van der Waals surface area contributed by atoms with Crippen molar-refractivity contribution in [2.24, 2.45) is 11.5 Å². The lowest BCUT2D eigenvalue weighted by Crippen LogP contribution is -2.53. The Balaban J connectivity index is 0. The van der Waals surface area contributed by atoms with Crippen molar-refractivity contribution in [2.75, 3.05) is 28.2 Å². The fourth-order valence-electron chi connectivity index (χ4n) is 4.79. The normalized spacial score (nSPS) is 25.4. The number of hydrogen-bond acceptors (Lipinski definition) is 22. The highest BCUT2D eigenvalue weighted by Crippen LogP contribution is 2.14. The summed E-state index contributed by atoms with van der Waals surface area (Å²) in [5.74, 6) is -1.01. The van der Waals surface area contributed by atoms with Gasteiger partial charge in [0.1, 0.15) is 18.5 Å². The molecule has 6 rings (SSSR count). The van der Waals surface area contributed by atoms with Gasteiger partial charge in [-0.1, -0.05) is 0 Å². The molecular weight excluding hydrogens is 1040 g/mol. The number of fused-ring (bicyclic) bond motifs is 2. The lowest BCUT2D eigenvalue weighted by Gasteiger charge is -2.20. The molecule has 42 nitrogen and oxygen atoms in total. The van der Waals surface area contributed by atoms with Crippen LogP contribution in [0.4, 0.5) is 47.9 Å². The van der Waals surface area contributed by atoms with Crippen LogP contribution < -0.4 is 96.5 Å². The number of aliphatic hydroxyl groups excluding tert-OH is 7. The minimum atomic E-state index is -1.53. The number of aldehydes is 2. The van der Waals surface area contributed by atoms with E-state index >= 15 is 0 Å². The summed E-state index contributed by atoms with van der Waals surface area (Å²) in [4.78, 5) is 146. The predicted molar refractivity (Wildman–Crippen MR) is 246 cm³/mol. The van der Waals surface area contributed by atoms with Crippen molar-refractivity contribution in [3.05, 3.63) is 0 Å². The zero-order valence-corrected chi connectivity index (χ0v) is 41.3. The second-order valence-corrected chi connectivity index (χ2v) is 15.2. The van der Waals surface area contributed by atoms with E-state index in [1.54, 1.807) is 17.6 Å². The number of rotatable bonds is 8. The molecule has 76 heavy (non-hydrogen) atoms. The number of amides is 20. The van der Waals surface area contributed by atoms with Gasteiger partial charge in [-0.05, 0) is 27.7 Å². The Kier molecular flexibility index (Phi) is 29.4. The van der Waals surface area contributed by atoms with E-state index in [0.29, 0.717) is 0 Å². The average Bonchev–Trinajstić information content (AvgIpc) is 4.11. The Bertz CT molecular complexity index is 2020. The Labute approximate surface area is 427 Å². The van der Waals surface area contributed by atoms with Gasteiger partial charge in [-0.15, -0.1) is 0 Å². The number of nitrogens with two attached hydrogens (primary N) is 2. The molecule has 432 valence electrons. The number of primary amides is 2. The van der Waals surface area contributed by atoms with E-state index in [0.717, 1.165) is 16.7 Å². The lowest BCUT2D eigenvalue weighted by atomic mass is 10.2. The number of carbonyl (C=O) groups is 14. The molecule has 8 unspecified atom stereocenters. The second-order valence-electron chi connectivity index (χ2n) is 15.2. The van der Waals surface area contributed by atoms with Crippen molar-refractivity contribution in [3.8, 4) is 0 Å². The van der Waals surface area contributed by atoms with E-state index in [-0.39, 0.29) is 55.2 Å². The highest BCUT2D eigenvalue weighted by molar-refractivity contribution is 5.87. The van der Waals surface area contributed by atoms with E-state index in [1.165, 1.54) is 42.0 Å². The third kappa shape index (κ3) is 25.6. The summed E-state index contributed by atoms with van der Waals surface area (Å²) in [5.41, 5.74) is 6.87. The van der Waals surface area contributed by atoms with Gasteiger partial charge in [-0.2, -0.15) is 0 Å². The highest BCUT2D eigenvalue weighted by atomic mass is 16.4. The van der Waals surface area contributed by atoms with E-state index < -0.39 is 103 Å². The van der Waals surface area contributed by atoms with Crippen LogP contribution in [0.25, 0.3) is 0 Å². The zero-order valence-electron chi connectivity index (χ0n) is 41.3. The van der Waals surface area contributed by atoms with E-state index in [2.05, 4.69) is 75.3 Å². The van der Waals surface area contributed by atoms with E-state index in [1.807, 2.05) is 10.6 Å². The van der Waals surface area contributed by atoms with Gasteiger partial charge in [0, 0.05) is 28.2 Å². The van der Waals surface area contributed by atoms with Gasteiger partial charge in [0.25, 0.3) is 0 Å². The molecule has 0 spiro atoms. The van der Waals surface area contributed by atoms with Crippen LogP contribution in [-0.4, -0.2) is 237 Å². The van der Waals surface area contributed by atoms with Crippen LogP contribution >= 0.6 is 0 Å². The summed E-state index contributed by atoms with van der Waals surface area (Å²) in [6, 6.07) is -5.02. The maximum absolute atomic E-state index is 10.8. The van der Waals surface area contributed by atoms with Crippen molar-refractivity contribution < 1.29 is 108 Å². The predicted octanol–water partition coefficient (Wildman–Crippen LogP) is -12.1. The van der Waals surface area contributed by atoms with Crippen LogP contribution in [0.5, 0.6) is 0 Å². The topological polar surface area (TPSA) is 652 Å². The maximum Gasteiger partial charge on any atom is 0.319 e. The quantitative estimate of drug-likeness (QED) is 0.0793. The number of carbonyl (C=O) groups excluding carboxylic acids is 14. The maximum atomic E-state index is 10.8.